The highest BCUT2D eigenvalue weighted by Crippen LogP contribution is 2.27. The number of pyridine rings is 1. The first-order valence-electron chi connectivity index (χ1n) is 8.31. The standard InChI is InChI=1S/C19H15ClN4O3S/c1-3-26-19(25)15-8-13(9-21)18(22-11(15)2)28-10-16-23-24-17(27-16)12-4-6-14(20)7-5-12/h4-8H,3,10H2,1-2H3. The third-order valence-electron chi connectivity index (χ3n) is 3.68. The molecule has 7 nitrogen and oxygen atoms in total. The molecule has 2 aromatic heterocycles. The van der Waals surface area contributed by atoms with Gasteiger partial charge >= 0.3 is 5.97 Å². The Morgan fingerprint density at radius 3 is 2.75 bits per heavy atom. The number of carbonyl (C=O) groups is 1. The molecule has 0 fully saturated rings. The summed E-state index contributed by atoms with van der Waals surface area (Å²) in [6.45, 7) is 3.67. The Morgan fingerprint density at radius 2 is 2.07 bits per heavy atom. The van der Waals surface area contributed by atoms with Gasteiger partial charge in [-0.05, 0) is 44.2 Å². The zero-order valence-electron chi connectivity index (χ0n) is 15.1. The van der Waals surface area contributed by atoms with Gasteiger partial charge in [-0.3, -0.25) is 0 Å². The summed E-state index contributed by atoms with van der Waals surface area (Å²) in [6.07, 6.45) is 0. The van der Waals surface area contributed by atoms with E-state index in [1.54, 1.807) is 38.1 Å². The van der Waals surface area contributed by atoms with E-state index in [4.69, 9.17) is 20.8 Å². The fraction of sp³-hybridized carbons (Fsp3) is 0.211. The van der Waals surface area contributed by atoms with Crippen LogP contribution in [-0.2, 0) is 10.5 Å². The van der Waals surface area contributed by atoms with Gasteiger partial charge in [-0.15, -0.1) is 10.2 Å². The van der Waals surface area contributed by atoms with E-state index < -0.39 is 5.97 Å². The van der Waals surface area contributed by atoms with Gasteiger partial charge in [-0.1, -0.05) is 23.4 Å². The quantitative estimate of drug-likeness (QED) is 0.431. The highest BCUT2D eigenvalue weighted by Gasteiger charge is 2.17. The summed E-state index contributed by atoms with van der Waals surface area (Å²) in [4.78, 5) is 16.3. The van der Waals surface area contributed by atoms with E-state index in [2.05, 4.69) is 21.3 Å². The Kier molecular flexibility index (Phi) is 6.29. The van der Waals surface area contributed by atoms with Gasteiger partial charge in [0, 0.05) is 10.6 Å². The highest BCUT2D eigenvalue weighted by atomic mass is 35.5. The fourth-order valence-electron chi connectivity index (χ4n) is 2.34. The molecule has 1 aromatic carbocycles. The van der Waals surface area contributed by atoms with E-state index in [1.165, 1.54) is 17.8 Å². The molecule has 0 amide bonds. The molecule has 9 heteroatoms. The van der Waals surface area contributed by atoms with Gasteiger partial charge in [0.2, 0.25) is 11.8 Å². The molecule has 0 aliphatic carbocycles. The molecule has 0 spiro atoms. The van der Waals surface area contributed by atoms with Crippen molar-refractivity contribution in [3.8, 4) is 17.5 Å². The van der Waals surface area contributed by atoms with Gasteiger partial charge in [-0.2, -0.15) is 5.26 Å². The first-order chi connectivity index (χ1) is 13.5. The topological polar surface area (TPSA) is 102 Å². The second-order valence-electron chi connectivity index (χ2n) is 5.60. The maximum Gasteiger partial charge on any atom is 0.340 e. The second-order valence-corrected chi connectivity index (χ2v) is 7.00. The van der Waals surface area contributed by atoms with Crippen LogP contribution in [0.2, 0.25) is 5.02 Å². The number of rotatable bonds is 6. The molecule has 0 N–H and O–H groups in total. The number of nitriles is 1. The maximum absolute atomic E-state index is 12.0. The largest absolute Gasteiger partial charge is 0.462 e. The number of benzene rings is 1. The third kappa shape index (κ3) is 4.50. The Balaban J connectivity index is 1.76. The summed E-state index contributed by atoms with van der Waals surface area (Å²) < 4.78 is 10.7. The van der Waals surface area contributed by atoms with Crippen molar-refractivity contribution in [2.75, 3.05) is 6.61 Å². The summed E-state index contributed by atoms with van der Waals surface area (Å²) in [5, 5.41) is 18.6. The lowest BCUT2D eigenvalue weighted by atomic mass is 10.1. The molecule has 2 heterocycles. The second kappa shape index (κ2) is 8.87. The number of aromatic nitrogens is 3. The van der Waals surface area contributed by atoms with Crippen LogP contribution in [0.15, 0.2) is 39.8 Å². The number of aryl methyl sites for hydroxylation is 1. The smallest absolute Gasteiger partial charge is 0.340 e. The van der Waals surface area contributed by atoms with Crippen molar-refractivity contribution < 1.29 is 13.9 Å². The van der Waals surface area contributed by atoms with Gasteiger partial charge in [0.05, 0.1) is 29.2 Å². The third-order valence-corrected chi connectivity index (χ3v) is 4.91. The average molecular weight is 415 g/mol. The lowest BCUT2D eigenvalue weighted by Crippen LogP contribution is -2.09. The van der Waals surface area contributed by atoms with Crippen LogP contribution in [0.5, 0.6) is 0 Å². The Morgan fingerprint density at radius 1 is 1.32 bits per heavy atom. The molecular weight excluding hydrogens is 400 g/mol. The summed E-state index contributed by atoms with van der Waals surface area (Å²) in [7, 11) is 0. The number of carbonyl (C=O) groups excluding carboxylic acids is 1. The first-order valence-corrected chi connectivity index (χ1v) is 9.68. The van der Waals surface area contributed by atoms with E-state index in [1.807, 2.05) is 0 Å². The van der Waals surface area contributed by atoms with E-state index in [9.17, 15) is 10.1 Å². The SMILES string of the molecule is CCOC(=O)c1cc(C#N)c(SCc2nnc(-c3ccc(Cl)cc3)o2)nc1C. The molecule has 0 aliphatic rings. The predicted octanol–water partition coefficient (Wildman–Crippen LogP) is 4.43. The minimum atomic E-state index is -0.495. The molecule has 0 unspecified atom stereocenters. The fourth-order valence-corrected chi connectivity index (χ4v) is 3.30. The summed E-state index contributed by atoms with van der Waals surface area (Å²) >= 11 is 7.16. The molecule has 0 saturated heterocycles. The summed E-state index contributed by atoms with van der Waals surface area (Å²) in [5.41, 5.74) is 1.83. The molecule has 3 aromatic rings. The minimum Gasteiger partial charge on any atom is -0.462 e. The molecular formula is C19H15ClN4O3S. The Labute approximate surface area is 170 Å². The lowest BCUT2D eigenvalue weighted by molar-refractivity contribution is 0.0524. The summed E-state index contributed by atoms with van der Waals surface area (Å²) in [6, 6.07) is 10.6. The van der Waals surface area contributed by atoms with Crippen LogP contribution >= 0.6 is 23.4 Å². The van der Waals surface area contributed by atoms with Gasteiger partial charge in [0.15, 0.2) is 0 Å². The van der Waals surface area contributed by atoms with E-state index in [0.717, 1.165) is 5.56 Å². The van der Waals surface area contributed by atoms with Gasteiger partial charge in [-0.25, -0.2) is 9.78 Å². The molecule has 142 valence electrons. The predicted molar refractivity (Wildman–Crippen MR) is 104 cm³/mol. The molecule has 0 saturated carbocycles. The van der Waals surface area contributed by atoms with Gasteiger partial charge in [0.25, 0.3) is 0 Å². The van der Waals surface area contributed by atoms with Crippen LogP contribution in [0.1, 0.15) is 34.4 Å². The zero-order chi connectivity index (χ0) is 20.1. The summed E-state index contributed by atoms with van der Waals surface area (Å²) in [5.74, 6) is 0.618. The van der Waals surface area contributed by atoms with Crippen LogP contribution in [0.4, 0.5) is 0 Å². The minimum absolute atomic E-state index is 0.254. The van der Waals surface area contributed by atoms with E-state index in [-0.39, 0.29) is 17.7 Å². The van der Waals surface area contributed by atoms with E-state index >= 15 is 0 Å². The number of hydrogen-bond donors (Lipinski definition) is 0. The lowest BCUT2D eigenvalue weighted by Gasteiger charge is -2.08. The van der Waals surface area contributed by atoms with Crippen LogP contribution in [0.3, 0.4) is 0 Å². The molecule has 0 bridgehead atoms. The molecule has 28 heavy (non-hydrogen) atoms. The van der Waals surface area contributed by atoms with Crippen molar-refractivity contribution >= 4 is 29.3 Å². The van der Waals surface area contributed by atoms with Crippen LogP contribution in [-0.4, -0.2) is 27.8 Å². The molecule has 0 aliphatic heterocycles. The van der Waals surface area contributed by atoms with Crippen molar-refractivity contribution in [2.24, 2.45) is 0 Å². The van der Waals surface area contributed by atoms with Crippen molar-refractivity contribution in [2.45, 2.75) is 24.6 Å². The number of ether oxygens (including phenoxy) is 1. The first kappa shape index (κ1) is 19.9. The highest BCUT2D eigenvalue weighted by molar-refractivity contribution is 7.98. The van der Waals surface area contributed by atoms with Crippen molar-refractivity contribution in [1.29, 1.82) is 5.26 Å². The molecule has 0 atom stereocenters. The Bertz CT molecular complexity index is 1040. The zero-order valence-corrected chi connectivity index (χ0v) is 16.7. The van der Waals surface area contributed by atoms with Crippen LogP contribution in [0, 0.1) is 18.3 Å². The Hall–Kier alpha value is -2.89. The number of hydrogen-bond acceptors (Lipinski definition) is 8. The normalized spacial score (nSPS) is 10.5. The van der Waals surface area contributed by atoms with Crippen molar-refractivity contribution in [3.05, 3.63) is 58.1 Å². The average Bonchev–Trinajstić information content (AvgIpc) is 3.16. The maximum atomic E-state index is 12.0. The van der Waals surface area contributed by atoms with Crippen molar-refractivity contribution in [3.63, 3.8) is 0 Å². The number of thioether (sulfide) groups is 1. The van der Waals surface area contributed by atoms with Gasteiger partial charge in [0.1, 0.15) is 11.1 Å². The number of halogens is 1. The monoisotopic (exact) mass is 414 g/mol. The molecule has 0 radical (unpaired) electrons. The molecule has 3 rings (SSSR count). The number of nitrogens with zero attached hydrogens (tertiary/aromatic N) is 4. The van der Waals surface area contributed by atoms with Crippen molar-refractivity contribution in [1.82, 2.24) is 15.2 Å². The van der Waals surface area contributed by atoms with Crippen LogP contribution in [0.25, 0.3) is 11.5 Å². The number of esters is 1. The van der Waals surface area contributed by atoms with Gasteiger partial charge < -0.3 is 9.15 Å². The van der Waals surface area contributed by atoms with Crippen LogP contribution < -0.4 is 0 Å². The van der Waals surface area contributed by atoms with E-state index in [0.29, 0.717) is 33.3 Å².